The van der Waals surface area contributed by atoms with E-state index in [-0.39, 0.29) is 24.5 Å². The second kappa shape index (κ2) is 13.4. The van der Waals surface area contributed by atoms with Gasteiger partial charge in [0.1, 0.15) is 17.5 Å². The average molecular weight is 583 g/mol. The molecule has 2 atom stereocenters. The third-order valence-electron chi connectivity index (χ3n) is 6.67. The second-order valence-electron chi connectivity index (χ2n) is 12.1. The van der Waals surface area contributed by atoms with Crippen LogP contribution in [-0.4, -0.2) is 46.0 Å². The van der Waals surface area contributed by atoms with Crippen LogP contribution in [-0.2, 0) is 26.1 Å². The standard InChI is InChI=1S/C32H43FN4O5/c1-10-41-27(38)16-25(34-30(39)26(13-18(2)3)35-31(40)42-32(6,7)8)22-15-21(14-20(5)29(22)33)28-19(4)11-12-24-23(28)17-37(9)36-24/h11-12,14-15,17-18,25-26H,10,13,16H2,1-9H3,(H,34,39)(H,35,40)/t25-,26-/m0/s1. The van der Waals surface area contributed by atoms with Crippen molar-refractivity contribution in [2.45, 2.75) is 85.9 Å². The zero-order valence-electron chi connectivity index (χ0n) is 26.1. The van der Waals surface area contributed by atoms with E-state index in [1.807, 2.05) is 46.1 Å². The number of carbonyl (C=O) groups is 3. The summed E-state index contributed by atoms with van der Waals surface area (Å²) in [5, 5.41) is 10.9. The van der Waals surface area contributed by atoms with E-state index in [0.29, 0.717) is 12.0 Å². The molecule has 0 unspecified atom stereocenters. The normalized spacial score (nSPS) is 13.1. The zero-order valence-corrected chi connectivity index (χ0v) is 26.1. The fourth-order valence-electron chi connectivity index (χ4n) is 4.95. The van der Waals surface area contributed by atoms with Gasteiger partial charge in [-0.1, -0.05) is 19.9 Å². The summed E-state index contributed by atoms with van der Waals surface area (Å²) >= 11 is 0. The number of aryl methyl sites for hydroxylation is 3. The Hall–Kier alpha value is -3.95. The predicted molar refractivity (Wildman–Crippen MR) is 160 cm³/mol. The molecule has 0 aliphatic heterocycles. The minimum Gasteiger partial charge on any atom is -0.466 e. The fraction of sp³-hybridized carbons (Fsp3) is 0.500. The van der Waals surface area contributed by atoms with E-state index >= 15 is 4.39 Å². The molecular formula is C32H43FN4O5. The lowest BCUT2D eigenvalue weighted by Crippen LogP contribution is -2.49. The molecule has 0 saturated heterocycles. The molecule has 228 valence electrons. The van der Waals surface area contributed by atoms with Crippen molar-refractivity contribution in [1.82, 2.24) is 20.4 Å². The average Bonchev–Trinajstić information content (AvgIpc) is 3.23. The predicted octanol–water partition coefficient (Wildman–Crippen LogP) is 6.05. The van der Waals surface area contributed by atoms with Crippen LogP contribution in [0.2, 0.25) is 0 Å². The van der Waals surface area contributed by atoms with Gasteiger partial charge < -0.3 is 20.1 Å². The number of rotatable bonds is 10. The monoisotopic (exact) mass is 582 g/mol. The van der Waals surface area contributed by atoms with Crippen molar-refractivity contribution in [2.24, 2.45) is 13.0 Å². The summed E-state index contributed by atoms with van der Waals surface area (Å²) in [5.74, 6) is -1.64. The number of aromatic nitrogens is 2. The van der Waals surface area contributed by atoms with Crippen LogP contribution in [0, 0.1) is 25.6 Å². The van der Waals surface area contributed by atoms with Gasteiger partial charge in [-0.05, 0) is 94.3 Å². The summed E-state index contributed by atoms with van der Waals surface area (Å²) < 4.78 is 28.1. The number of amides is 2. The Morgan fingerprint density at radius 1 is 1.07 bits per heavy atom. The zero-order chi connectivity index (χ0) is 31.4. The molecule has 0 bridgehead atoms. The summed E-state index contributed by atoms with van der Waals surface area (Å²) in [6.07, 6.45) is 1.18. The molecule has 0 aliphatic carbocycles. The number of carbonyl (C=O) groups excluding carboxylic acids is 3. The molecule has 10 heteroatoms. The van der Waals surface area contributed by atoms with E-state index in [9.17, 15) is 14.4 Å². The quantitative estimate of drug-likeness (QED) is 0.282. The maximum atomic E-state index is 15.9. The van der Waals surface area contributed by atoms with Crippen LogP contribution < -0.4 is 10.6 Å². The molecule has 0 spiro atoms. The molecule has 0 saturated carbocycles. The summed E-state index contributed by atoms with van der Waals surface area (Å²) in [7, 11) is 1.84. The molecule has 2 amide bonds. The van der Waals surface area contributed by atoms with Crippen LogP contribution in [0.4, 0.5) is 9.18 Å². The van der Waals surface area contributed by atoms with E-state index in [1.54, 1.807) is 51.4 Å². The Balaban J connectivity index is 2.07. The van der Waals surface area contributed by atoms with Crippen molar-refractivity contribution in [2.75, 3.05) is 6.61 Å². The number of halogens is 1. The van der Waals surface area contributed by atoms with Crippen molar-refractivity contribution >= 4 is 28.9 Å². The molecule has 1 aromatic heterocycles. The van der Waals surface area contributed by atoms with Crippen LogP contribution in [0.15, 0.2) is 30.5 Å². The van der Waals surface area contributed by atoms with Gasteiger partial charge in [-0.2, -0.15) is 5.10 Å². The van der Waals surface area contributed by atoms with Crippen molar-refractivity contribution in [3.05, 3.63) is 53.0 Å². The van der Waals surface area contributed by atoms with E-state index in [1.165, 1.54) is 0 Å². The van der Waals surface area contributed by atoms with Gasteiger partial charge in [0.15, 0.2) is 0 Å². The Morgan fingerprint density at radius 2 is 1.76 bits per heavy atom. The van der Waals surface area contributed by atoms with Gasteiger partial charge >= 0.3 is 12.1 Å². The van der Waals surface area contributed by atoms with E-state index < -0.39 is 41.5 Å². The summed E-state index contributed by atoms with van der Waals surface area (Å²) in [5.41, 5.74) is 3.12. The number of alkyl carbamates (subject to hydrolysis) is 1. The first-order valence-electron chi connectivity index (χ1n) is 14.3. The Kier molecular flexibility index (Phi) is 10.4. The highest BCUT2D eigenvalue weighted by Gasteiger charge is 2.30. The summed E-state index contributed by atoms with van der Waals surface area (Å²) in [6, 6.07) is 5.28. The maximum Gasteiger partial charge on any atom is 0.408 e. The third-order valence-corrected chi connectivity index (χ3v) is 6.67. The van der Waals surface area contributed by atoms with Gasteiger partial charge in [0, 0.05) is 24.2 Å². The first-order valence-corrected chi connectivity index (χ1v) is 14.3. The van der Waals surface area contributed by atoms with Crippen LogP contribution in [0.25, 0.3) is 22.0 Å². The minimum absolute atomic E-state index is 0.0458. The summed E-state index contributed by atoms with van der Waals surface area (Å²) in [6.45, 7) is 14.5. The Bertz CT molecular complexity index is 1460. The lowest BCUT2D eigenvalue weighted by atomic mass is 9.91. The third kappa shape index (κ3) is 8.30. The van der Waals surface area contributed by atoms with E-state index in [0.717, 1.165) is 27.6 Å². The van der Waals surface area contributed by atoms with Gasteiger partial charge in [0.05, 0.1) is 24.6 Å². The van der Waals surface area contributed by atoms with Gasteiger partial charge in [0.2, 0.25) is 5.91 Å². The largest absolute Gasteiger partial charge is 0.466 e. The topological polar surface area (TPSA) is 112 Å². The molecule has 0 radical (unpaired) electrons. The first-order chi connectivity index (χ1) is 19.6. The molecule has 3 aromatic rings. The second-order valence-corrected chi connectivity index (χ2v) is 12.1. The lowest BCUT2D eigenvalue weighted by molar-refractivity contribution is -0.144. The molecular weight excluding hydrogens is 539 g/mol. The van der Waals surface area contributed by atoms with Crippen molar-refractivity contribution in [3.63, 3.8) is 0 Å². The van der Waals surface area contributed by atoms with Crippen molar-refractivity contribution in [3.8, 4) is 11.1 Å². The molecule has 2 aromatic carbocycles. The summed E-state index contributed by atoms with van der Waals surface area (Å²) in [4.78, 5) is 38.9. The van der Waals surface area contributed by atoms with Gasteiger partial charge in [-0.15, -0.1) is 0 Å². The smallest absolute Gasteiger partial charge is 0.408 e. The van der Waals surface area contributed by atoms with Gasteiger partial charge in [-0.25, -0.2) is 9.18 Å². The fourth-order valence-corrected chi connectivity index (χ4v) is 4.95. The molecule has 0 aliphatic rings. The molecule has 42 heavy (non-hydrogen) atoms. The maximum absolute atomic E-state index is 15.9. The molecule has 0 fully saturated rings. The lowest BCUT2D eigenvalue weighted by Gasteiger charge is -2.27. The van der Waals surface area contributed by atoms with Crippen LogP contribution in [0.3, 0.4) is 0 Å². The number of fused-ring (bicyclic) bond motifs is 1. The Morgan fingerprint density at radius 3 is 2.38 bits per heavy atom. The highest BCUT2D eigenvalue weighted by molar-refractivity contribution is 5.96. The van der Waals surface area contributed by atoms with E-state index in [4.69, 9.17) is 9.47 Å². The molecule has 9 nitrogen and oxygen atoms in total. The van der Waals surface area contributed by atoms with Gasteiger partial charge in [-0.3, -0.25) is 14.3 Å². The van der Waals surface area contributed by atoms with Crippen molar-refractivity contribution in [1.29, 1.82) is 0 Å². The number of hydrogen-bond acceptors (Lipinski definition) is 6. The van der Waals surface area contributed by atoms with Crippen molar-refractivity contribution < 1.29 is 28.2 Å². The van der Waals surface area contributed by atoms with Crippen LogP contribution in [0.1, 0.15) is 77.1 Å². The van der Waals surface area contributed by atoms with Crippen LogP contribution >= 0.6 is 0 Å². The minimum atomic E-state index is -1.06. The number of nitrogens with one attached hydrogen (secondary N) is 2. The first kappa shape index (κ1) is 32.6. The molecule has 1 heterocycles. The number of hydrogen-bond donors (Lipinski definition) is 2. The number of nitrogens with zero attached hydrogens (tertiary/aromatic N) is 2. The van der Waals surface area contributed by atoms with Gasteiger partial charge in [0.25, 0.3) is 0 Å². The Labute approximate surface area is 247 Å². The SMILES string of the molecule is CCOC(=O)C[C@H](NC(=O)[C@H](CC(C)C)NC(=O)OC(C)(C)C)c1cc(-c2c(C)ccc3nn(C)cc23)cc(C)c1F. The highest BCUT2D eigenvalue weighted by atomic mass is 19.1. The number of benzene rings is 2. The number of esters is 1. The molecule has 3 rings (SSSR count). The van der Waals surface area contributed by atoms with E-state index in [2.05, 4.69) is 15.7 Å². The number of ether oxygens (including phenoxy) is 2. The highest BCUT2D eigenvalue weighted by Crippen LogP contribution is 2.35. The van der Waals surface area contributed by atoms with Crippen LogP contribution in [0.5, 0.6) is 0 Å². The molecule has 2 N–H and O–H groups in total.